The van der Waals surface area contributed by atoms with Crippen molar-refractivity contribution in [2.45, 2.75) is 46.1 Å². The van der Waals surface area contributed by atoms with E-state index in [4.69, 9.17) is 0 Å². The molecule has 5 heterocycles. The predicted octanol–water partition coefficient (Wildman–Crippen LogP) is 4.89. The average Bonchev–Trinajstić information content (AvgIpc) is 3.52. The van der Waals surface area contributed by atoms with Gasteiger partial charge in [-0.1, -0.05) is 13.8 Å². The van der Waals surface area contributed by atoms with Crippen LogP contribution in [0, 0.1) is 6.92 Å². The van der Waals surface area contributed by atoms with Crippen molar-refractivity contribution in [2.75, 3.05) is 18.4 Å². The quantitative estimate of drug-likeness (QED) is 0.441. The van der Waals surface area contributed by atoms with Crippen molar-refractivity contribution >= 4 is 28.0 Å². The highest BCUT2D eigenvalue weighted by molar-refractivity contribution is 7.10. The van der Waals surface area contributed by atoms with Crippen molar-refractivity contribution in [3.63, 3.8) is 0 Å². The molecule has 0 bridgehead atoms. The molecule has 0 saturated carbocycles. The number of likely N-dealkylation sites (tertiary alicyclic amines) is 1. The van der Waals surface area contributed by atoms with Crippen LogP contribution in [0.25, 0.3) is 16.9 Å². The number of aromatic amines is 1. The highest BCUT2D eigenvalue weighted by atomic mass is 32.1. The van der Waals surface area contributed by atoms with E-state index in [9.17, 15) is 8.78 Å². The van der Waals surface area contributed by atoms with Gasteiger partial charge in [-0.2, -0.15) is 9.47 Å². The smallest absolute Gasteiger partial charge is 0.250 e. The highest BCUT2D eigenvalue weighted by Gasteiger charge is 2.34. The molecule has 1 saturated heterocycles. The van der Waals surface area contributed by atoms with Crippen molar-refractivity contribution < 1.29 is 8.78 Å². The van der Waals surface area contributed by atoms with E-state index in [1.807, 2.05) is 48.5 Å². The first kappa shape index (κ1) is 22.3. The molecule has 1 aliphatic rings. The van der Waals surface area contributed by atoms with E-state index in [0.717, 1.165) is 27.6 Å². The van der Waals surface area contributed by atoms with E-state index in [1.165, 1.54) is 11.5 Å². The van der Waals surface area contributed by atoms with Crippen LogP contribution in [0.2, 0.25) is 0 Å². The number of fused-ring (bicyclic) bond motifs is 1. The van der Waals surface area contributed by atoms with Crippen LogP contribution in [0.15, 0.2) is 30.9 Å². The monoisotopic (exact) mass is 460 g/mol. The molecule has 5 rings (SSSR count). The third-order valence-corrected chi connectivity index (χ3v) is 5.92. The molecule has 170 valence electrons. The minimum absolute atomic E-state index is 0.0910. The van der Waals surface area contributed by atoms with Crippen LogP contribution in [0.3, 0.4) is 0 Å². The molecule has 0 spiro atoms. The molecule has 32 heavy (non-hydrogen) atoms. The van der Waals surface area contributed by atoms with Gasteiger partial charge in [0.2, 0.25) is 0 Å². The highest BCUT2D eigenvalue weighted by Crippen LogP contribution is 2.30. The third kappa shape index (κ3) is 4.78. The topological polar surface area (TPSA) is 87.0 Å². The fraction of sp³-hybridized carbons (Fsp3) is 0.429. The number of piperidine rings is 1. The zero-order valence-corrected chi connectivity index (χ0v) is 19.1. The minimum atomic E-state index is -2.53. The van der Waals surface area contributed by atoms with Gasteiger partial charge in [0.05, 0.1) is 29.5 Å². The summed E-state index contributed by atoms with van der Waals surface area (Å²) in [7, 11) is 0. The molecule has 1 aliphatic heterocycles. The van der Waals surface area contributed by atoms with Crippen LogP contribution in [0.1, 0.15) is 38.1 Å². The maximum Gasteiger partial charge on any atom is 0.250 e. The van der Waals surface area contributed by atoms with E-state index < -0.39 is 5.92 Å². The Bertz CT molecular complexity index is 1160. The standard InChI is InChI=1S/C19H20F2N8S.C2H6/c1-12-10-29-15(13-7-23-24-8-13)9-22-18(29)17(25-12)26-16-6-14(27-30-16)11-28-4-2-19(20,21)3-5-28;1-2/h6-10H,2-5,11H2,1H3,(H,23,24)(H,25,26);1-2H3. The van der Waals surface area contributed by atoms with Crippen molar-refractivity contribution in [1.29, 1.82) is 0 Å². The van der Waals surface area contributed by atoms with Gasteiger partial charge in [0, 0.05) is 50.4 Å². The van der Waals surface area contributed by atoms with Crippen molar-refractivity contribution in [1.82, 2.24) is 33.8 Å². The number of anilines is 2. The summed E-state index contributed by atoms with van der Waals surface area (Å²) in [5, 5.41) is 11.0. The Morgan fingerprint density at radius 1 is 1.22 bits per heavy atom. The molecule has 0 aromatic carbocycles. The second-order valence-electron chi connectivity index (χ2n) is 7.49. The van der Waals surface area contributed by atoms with E-state index in [0.29, 0.717) is 31.1 Å². The number of alkyl halides is 2. The van der Waals surface area contributed by atoms with Gasteiger partial charge in [-0.15, -0.1) is 0 Å². The molecule has 0 aliphatic carbocycles. The van der Waals surface area contributed by atoms with Crippen molar-refractivity contribution in [3.8, 4) is 11.3 Å². The third-order valence-electron chi connectivity index (χ3n) is 5.18. The number of hydrogen-bond acceptors (Lipinski definition) is 7. The van der Waals surface area contributed by atoms with Gasteiger partial charge < -0.3 is 5.32 Å². The van der Waals surface area contributed by atoms with Crippen molar-refractivity contribution in [2.24, 2.45) is 0 Å². The second-order valence-corrected chi connectivity index (χ2v) is 8.30. The summed E-state index contributed by atoms with van der Waals surface area (Å²) in [6.07, 6.45) is 7.10. The van der Waals surface area contributed by atoms with E-state index >= 15 is 0 Å². The summed E-state index contributed by atoms with van der Waals surface area (Å²) in [4.78, 5) is 11.1. The molecule has 4 aromatic rings. The first-order chi connectivity index (χ1) is 15.5. The Hall–Kier alpha value is -2.92. The number of aromatic nitrogens is 6. The van der Waals surface area contributed by atoms with Crippen molar-refractivity contribution in [3.05, 3.63) is 42.2 Å². The summed E-state index contributed by atoms with van der Waals surface area (Å²) in [6, 6.07) is 1.94. The molecule has 1 fully saturated rings. The average molecular weight is 461 g/mol. The van der Waals surface area contributed by atoms with Gasteiger partial charge in [0.25, 0.3) is 5.92 Å². The normalized spacial score (nSPS) is 16.0. The molecular weight excluding hydrogens is 434 g/mol. The molecule has 8 nitrogen and oxygen atoms in total. The molecule has 0 unspecified atom stereocenters. The lowest BCUT2D eigenvalue weighted by Gasteiger charge is -2.31. The van der Waals surface area contributed by atoms with Crippen LogP contribution in [0.4, 0.5) is 19.6 Å². The Kier molecular flexibility index (Phi) is 6.47. The first-order valence-corrected chi connectivity index (χ1v) is 11.4. The molecule has 0 atom stereocenters. The largest absolute Gasteiger partial charge is 0.328 e. The zero-order valence-electron chi connectivity index (χ0n) is 18.3. The maximum absolute atomic E-state index is 13.3. The maximum atomic E-state index is 13.3. The Balaban J connectivity index is 0.00000119. The van der Waals surface area contributed by atoms with Crippen LogP contribution in [-0.4, -0.2) is 52.9 Å². The van der Waals surface area contributed by atoms with Crippen LogP contribution in [-0.2, 0) is 6.54 Å². The SMILES string of the molecule is CC.Cc1cn2c(-c3cn[nH]c3)cnc2c(Nc2cc(CN3CCC(F)(F)CC3)ns2)n1. The lowest BCUT2D eigenvalue weighted by molar-refractivity contribution is -0.0568. The number of imidazole rings is 1. The van der Waals surface area contributed by atoms with Crippen LogP contribution >= 0.6 is 11.5 Å². The number of nitrogens with zero attached hydrogens (tertiary/aromatic N) is 6. The van der Waals surface area contributed by atoms with E-state index in [-0.39, 0.29) is 12.8 Å². The van der Waals surface area contributed by atoms with E-state index in [2.05, 4.69) is 29.9 Å². The van der Waals surface area contributed by atoms with Gasteiger partial charge >= 0.3 is 0 Å². The van der Waals surface area contributed by atoms with Gasteiger partial charge in [0.1, 0.15) is 5.00 Å². The van der Waals surface area contributed by atoms with Gasteiger partial charge in [-0.05, 0) is 24.5 Å². The fourth-order valence-corrected chi connectivity index (χ4v) is 4.28. The molecular formula is C21H26F2N8S. The minimum Gasteiger partial charge on any atom is -0.328 e. The number of nitrogens with one attached hydrogen (secondary N) is 2. The molecule has 4 aromatic heterocycles. The summed E-state index contributed by atoms with van der Waals surface area (Å²) in [5.41, 5.74) is 4.25. The Morgan fingerprint density at radius 2 is 2.00 bits per heavy atom. The van der Waals surface area contributed by atoms with Crippen LogP contribution in [0.5, 0.6) is 0 Å². The summed E-state index contributed by atoms with van der Waals surface area (Å²) in [5.74, 6) is -1.90. The summed E-state index contributed by atoms with van der Waals surface area (Å²) in [6.45, 7) is 7.27. The van der Waals surface area contributed by atoms with Gasteiger partial charge in [0.15, 0.2) is 11.5 Å². The fourth-order valence-electron chi connectivity index (χ4n) is 3.63. The van der Waals surface area contributed by atoms with Gasteiger partial charge in [-0.3, -0.25) is 14.4 Å². The molecule has 2 N–H and O–H groups in total. The van der Waals surface area contributed by atoms with Gasteiger partial charge in [-0.25, -0.2) is 18.7 Å². The zero-order chi connectivity index (χ0) is 22.7. The molecule has 0 amide bonds. The lowest BCUT2D eigenvalue weighted by Crippen LogP contribution is -2.38. The molecule has 11 heteroatoms. The first-order valence-electron chi connectivity index (χ1n) is 10.6. The molecule has 0 radical (unpaired) electrons. The number of rotatable bonds is 5. The Morgan fingerprint density at radius 3 is 2.72 bits per heavy atom. The van der Waals surface area contributed by atoms with E-state index in [1.54, 1.807) is 12.4 Å². The van der Waals surface area contributed by atoms with Crippen LogP contribution < -0.4 is 5.32 Å². The number of H-pyrrole nitrogens is 1. The lowest BCUT2D eigenvalue weighted by atomic mass is 10.1. The second kappa shape index (κ2) is 9.29. The Labute approximate surface area is 188 Å². The summed E-state index contributed by atoms with van der Waals surface area (Å²) < 4.78 is 33.1. The number of halogens is 2. The summed E-state index contributed by atoms with van der Waals surface area (Å²) >= 11 is 1.32. The number of hydrogen-bond donors (Lipinski definition) is 2. The number of aryl methyl sites for hydroxylation is 1. The predicted molar refractivity (Wildman–Crippen MR) is 122 cm³/mol.